The zero-order valence-electron chi connectivity index (χ0n) is 20.1. The Labute approximate surface area is 212 Å². The summed E-state index contributed by atoms with van der Waals surface area (Å²) in [4.78, 5) is 18.2. The molecule has 190 valence electrons. The lowest BCUT2D eigenvalue weighted by molar-refractivity contribution is -0.137. The summed E-state index contributed by atoms with van der Waals surface area (Å²) in [5, 5.41) is 18.7. The van der Waals surface area contributed by atoms with Crippen LogP contribution in [0.5, 0.6) is 5.75 Å². The third-order valence-electron chi connectivity index (χ3n) is 6.39. The van der Waals surface area contributed by atoms with Crippen LogP contribution in [0.1, 0.15) is 38.8 Å². The molecule has 1 atom stereocenters. The second-order valence-corrected chi connectivity index (χ2v) is 9.84. The number of hydrogen-bond acceptors (Lipinski definition) is 6. The van der Waals surface area contributed by atoms with Gasteiger partial charge in [0, 0.05) is 11.7 Å². The lowest BCUT2D eigenvalue weighted by Crippen LogP contribution is -2.46. The van der Waals surface area contributed by atoms with E-state index in [1.54, 1.807) is 36.9 Å². The first-order valence-electron chi connectivity index (χ1n) is 11.3. The first-order valence-corrected chi connectivity index (χ1v) is 11.7. The maximum Gasteiger partial charge on any atom is 0.417 e. The van der Waals surface area contributed by atoms with Crippen LogP contribution in [-0.4, -0.2) is 47.0 Å². The number of thiocarbonyl (C=S) groups is 1. The Morgan fingerprint density at radius 2 is 1.89 bits per heavy atom. The molecule has 4 rings (SSSR count). The van der Waals surface area contributed by atoms with Gasteiger partial charge in [0.1, 0.15) is 17.4 Å². The molecule has 2 aliphatic heterocycles. The van der Waals surface area contributed by atoms with Crippen molar-refractivity contribution in [2.45, 2.75) is 51.6 Å². The number of aliphatic hydroxyl groups excluding tert-OH is 1. The van der Waals surface area contributed by atoms with Crippen molar-refractivity contribution in [2.24, 2.45) is 0 Å². The zero-order valence-corrected chi connectivity index (χ0v) is 20.9. The summed E-state index contributed by atoms with van der Waals surface area (Å²) in [5.41, 5.74) is -1.61. The number of halogens is 3. The highest BCUT2D eigenvalue weighted by Crippen LogP contribution is 2.43. The summed E-state index contributed by atoms with van der Waals surface area (Å²) in [6.45, 7) is 7.64. The minimum absolute atomic E-state index is 0.0174. The first kappa shape index (κ1) is 25.7. The molecule has 0 radical (unpaired) electrons. The Morgan fingerprint density at radius 3 is 2.47 bits per heavy atom. The Hall–Kier alpha value is -3.36. The fourth-order valence-electron chi connectivity index (χ4n) is 4.55. The molecule has 0 bridgehead atoms. The van der Waals surface area contributed by atoms with E-state index in [4.69, 9.17) is 22.2 Å². The van der Waals surface area contributed by atoms with Crippen LogP contribution in [0.3, 0.4) is 0 Å². The SMILES string of the molecule is CC(C)N1C[C@@H](CO)Oc2ccc(N3C(=S)N(c4ccc(C#N)c(C(F)(F)F)c4)C(=O)C3(C)C)cc21. The molecule has 2 aromatic rings. The maximum absolute atomic E-state index is 13.6. The van der Waals surface area contributed by atoms with Crippen molar-refractivity contribution in [2.75, 3.05) is 27.9 Å². The summed E-state index contributed by atoms with van der Waals surface area (Å²) in [7, 11) is 0. The number of anilines is 3. The molecule has 0 unspecified atom stereocenters. The molecule has 0 spiro atoms. The van der Waals surface area contributed by atoms with Crippen LogP contribution in [-0.2, 0) is 11.0 Å². The smallest absolute Gasteiger partial charge is 0.417 e. The van der Waals surface area contributed by atoms with Gasteiger partial charge in [-0.3, -0.25) is 9.69 Å². The third-order valence-corrected chi connectivity index (χ3v) is 6.75. The first-order chi connectivity index (χ1) is 16.8. The molecule has 0 saturated carbocycles. The lowest BCUT2D eigenvalue weighted by atomic mass is 10.0. The number of hydrogen-bond donors (Lipinski definition) is 1. The van der Waals surface area contributed by atoms with E-state index in [1.165, 1.54) is 6.07 Å². The topological polar surface area (TPSA) is 80.0 Å². The predicted octanol–water partition coefficient (Wildman–Crippen LogP) is 4.46. The van der Waals surface area contributed by atoms with E-state index in [0.29, 0.717) is 18.0 Å². The normalized spacial score (nSPS) is 19.4. The van der Waals surface area contributed by atoms with Crippen LogP contribution in [0.15, 0.2) is 36.4 Å². The van der Waals surface area contributed by atoms with Crippen molar-refractivity contribution >= 4 is 40.3 Å². The summed E-state index contributed by atoms with van der Waals surface area (Å²) in [6.07, 6.45) is -5.15. The number of nitriles is 1. The van der Waals surface area contributed by atoms with Gasteiger partial charge in [-0.15, -0.1) is 0 Å². The predicted molar refractivity (Wildman–Crippen MR) is 133 cm³/mol. The Kier molecular flexibility index (Phi) is 6.39. The molecule has 36 heavy (non-hydrogen) atoms. The minimum atomic E-state index is -4.77. The summed E-state index contributed by atoms with van der Waals surface area (Å²) in [5.74, 6) is 0.0751. The zero-order chi connectivity index (χ0) is 26.6. The van der Waals surface area contributed by atoms with Gasteiger partial charge in [0.2, 0.25) is 0 Å². The van der Waals surface area contributed by atoms with Crippen molar-refractivity contribution in [1.82, 2.24) is 0 Å². The van der Waals surface area contributed by atoms with Crippen LogP contribution >= 0.6 is 12.2 Å². The fraction of sp³-hybridized carbons (Fsp3) is 0.400. The van der Waals surface area contributed by atoms with E-state index < -0.39 is 28.7 Å². The van der Waals surface area contributed by atoms with Crippen LogP contribution in [0.4, 0.5) is 30.2 Å². The number of amides is 1. The molecule has 7 nitrogen and oxygen atoms in total. The summed E-state index contributed by atoms with van der Waals surface area (Å²) >= 11 is 5.63. The van der Waals surface area contributed by atoms with Crippen LogP contribution in [0.2, 0.25) is 0 Å². The van der Waals surface area contributed by atoms with Crippen molar-refractivity contribution in [3.63, 3.8) is 0 Å². The highest BCUT2D eigenvalue weighted by Gasteiger charge is 2.51. The van der Waals surface area contributed by atoms with Crippen molar-refractivity contribution in [3.8, 4) is 11.8 Å². The summed E-state index contributed by atoms with van der Waals surface area (Å²) in [6, 6.07) is 10.0. The van der Waals surface area contributed by atoms with Gasteiger partial charge >= 0.3 is 6.18 Å². The van der Waals surface area contributed by atoms with E-state index in [2.05, 4.69) is 4.90 Å². The minimum Gasteiger partial charge on any atom is -0.484 e. The van der Waals surface area contributed by atoms with Gasteiger partial charge in [-0.25, -0.2) is 0 Å². The largest absolute Gasteiger partial charge is 0.484 e. The van der Waals surface area contributed by atoms with E-state index in [-0.39, 0.29) is 29.6 Å². The van der Waals surface area contributed by atoms with Gasteiger partial charge < -0.3 is 19.6 Å². The number of ether oxygens (including phenoxy) is 1. The molecular formula is C25H25F3N4O3S. The van der Waals surface area contributed by atoms with Gasteiger partial charge in [-0.2, -0.15) is 18.4 Å². The number of fused-ring (bicyclic) bond motifs is 1. The Bertz CT molecular complexity index is 1270. The maximum atomic E-state index is 13.6. The lowest BCUT2D eigenvalue weighted by Gasteiger charge is -2.39. The molecule has 2 aromatic carbocycles. The van der Waals surface area contributed by atoms with E-state index in [1.807, 2.05) is 19.9 Å². The van der Waals surface area contributed by atoms with Gasteiger partial charge in [0.05, 0.1) is 41.7 Å². The number of carbonyl (C=O) groups is 1. The van der Waals surface area contributed by atoms with Gasteiger partial charge in [-0.05, 0) is 76.3 Å². The molecule has 1 fully saturated rings. The van der Waals surface area contributed by atoms with Gasteiger partial charge in [0.15, 0.2) is 5.11 Å². The number of aliphatic hydroxyl groups is 1. The molecule has 1 saturated heterocycles. The molecule has 11 heteroatoms. The standard InChI is InChI=1S/C25H25F3N4O3S/c1-14(2)30-12-18(13-33)35-21-8-7-17(10-20(21)30)32-23(36)31(22(34)24(32,3)4)16-6-5-15(11-29)19(9-16)25(26,27)28/h5-10,14,18,33H,12-13H2,1-4H3/t18-/m0/s1. The fourth-order valence-corrected chi connectivity index (χ4v) is 5.07. The average Bonchev–Trinajstić information content (AvgIpc) is 3.00. The van der Waals surface area contributed by atoms with Crippen LogP contribution < -0.4 is 19.4 Å². The van der Waals surface area contributed by atoms with Gasteiger partial charge in [0.25, 0.3) is 5.91 Å². The van der Waals surface area contributed by atoms with Gasteiger partial charge in [-0.1, -0.05) is 0 Å². The molecule has 0 aromatic heterocycles. The number of nitrogens with zero attached hydrogens (tertiary/aromatic N) is 4. The van der Waals surface area contributed by atoms with Crippen LogP contribution in [0.25, 0.3) is 0 Å². The second kappa shape index (κ2) is 8.94. The Balaban J connectivity index is 1.78. The molecule has 2 heterocycles. The molecular weight excluding hydrogens is 493 g/mol. The second-order valence-electron chi connectivity index (χ2n) is 9.48. The van der Waals surface area contributed by atoms with Crippen molar-refractivity contribution in [3.05, 3.63) is 47.5 Å². The molecule has 1 amide bonds. The number of rotatable bonds is 4. The van der Waals surface area contributed by atoms with Crippen molar-refractivity contribution < 1.29 is 27.8 Å². The third kappa shape index (κ3) is 4.14. The average molecular weight is 519 g/mol. The number of alkyl halides is 3. The molecule has 1 N–H and O–H groups in total. The highest BCUT2D eigenvalue weighted by molar-refractivity contribution is 7.81. The van der Waals surface area contributed by atoms with Crippen LogP contribution in [0, 0.1) is 11.3 Å². The summed E-state index contributed by atoms with van der Waals surface area (Å²) < 4.78 is 46.6. The molecule has 0 aliphatic carbocycles. The number of benzene rings is 2. The molecule has 2 aliphatic rings. The monoisotopic (exact) mass is 518 g/mol. The van der Waals surface area contributed by atoms with E-state index >= 15 is 0 Å². The highest BCUT2D eigenvalue weighted by atomic mass is 32.1. The quantitative estimate of drug-likeness (QED) is 0.599. The van der Waals surface area contributed by atoms with Crippen molar-refractivity contribution in [1.29, 1.82) is 5.26 Å². The number of carbonyl (C=O) groups excluding carboxylic acids is 1. The van der Waals surface area contributed by atoms with E-state index in [0.717, 1.165) is 22.7 Å². The van der Waals surface area contributed by atoms with E-state index in [9.17, 15) is 23.1 Å². The Morgan fingerprint density at radius 1 is 1.22 bits per heavy atom.